The fraction of sp³-hybridized carbons (Fsp3) is 0.391. The predicted octanol–water partition coefficient (Wildman–Crippen LogP) is 3.45. The van der Waals surface area contributed by atoms with Crippen LogP contribution < -0.4 is 15.5 Å². The third kappa shape index (κ3) is 6.42. The van der Waals surface area contributed by atoms with E-state index in [4.69, 9.17) is 0 Å². The first kappa shape index (κ1) is 22.0. The summed E-state index contributed by atoms with van der Waals surface area (Å²) in [5.41, 5.74) is 2.78. The molecule has 1 heterocycles. The average Bonchev–Trinajstić information content (AvgIpc) is 2.79. The SMILES string of the molecule is CC(CNC(=O)Nc1ccc(CC(=O)N2CCSCC2)cc1)N(C)c1ccccc1. The highest BCUT2D eigenvalue weighted by Gasteiger charge is 2.17. The van der Waals surface area contributed by atoms with E-state index >= 15 is 0 Å². The molecule has 160 valence electrons. The molecule has 0 aromatic heterocycles. The van der Waals surface area contributed by atoms with Crippen molar-refractivity contribution in [3.63, 3.8) is 0 Å². The molecule has 1 aliphatic heterocycles. The molecule has 0 bridgehead atoms. The van der Waals surface area contributed by atoms with E-state index in [1.807, 2.05) is 78.3 Å². The van der Waals surface area contributed by atoms with E-state index in [0.29, 0.717) is 18.7 Å². The van der Waals surface area contributed by atoms with Crippen molar-refractivity contribution >= 4 is 35.1 Å². The summed E-state index contributed by atoms with van der Waals surface area (Å²) in [5.74, 6) is 2.21. The minimum Gasteiger partial charge on any atom is -0.370 e. The number of likely N-dealkylation sites (N-methyl/N-ethyl adjacent to an activating group) is 1. The van der Waals surface area contributed by atoms with Gasteiger partial charge in [0.15, 0.2) is 0 Å². The Morgan fingerprint density at radius 2 is 1.73 bits per heavy atom. The number of carbonyl (C=O) groups is 2. The Labute approximate surface area is 183 Å². The van der Waals surface area contributed by atoms with Gasteiger partial charge in [-0.1, -0.05) is 30.3 Å². The number of hydrogen-bond donors (Lipinski definition) is 2. The molecule has 1 aliphatic rings. The van der Waals surface area contributed by atoms with E-state index in [9.17, 15) is 9.59 Å². The molecule has 6 nitrogen and oxygen atoms in total. The van der Waals surface area contributed by atoms with Crippen LogP contribution in [0.3, 0.4) is 0 Å². The van der Waals surface area contributed by atoms with Crippen molar-refractivity contribution < 1.29 is 9.59 Å². The Hall–Kier alpha value is -2.67. The second-order valence-corrected chi connectivity index (χ2v) is 8.72. The van der Waals surface area contributed by atoms with Gasteiger partial charge < -0.3 is 20.4 Å². The molecule has 0 radical (unpaired) electrons. The highest BCUT2D eigenvalue weighted by molar-refractivity contribution is 7.99. The van der Waals surface area contributed by atoms with E-state index in [2.05, 4.69) is 22.5 Å². The lowest BCUT2D eigenvalue weighted by Gasteiger charge is -2.27. The Bertz CT molecular complexity index is 823. The number of rotatable bonds is 7. The summed E-state index contributed by atoms with van der Waals surface area (Å²) in [5, 5.41) is 5.77. The second kappa shape index (κ2) is 10.9. The fourth-order valence-corrected chi connectivity index (χ4v) is 4.18. The Balaban J connectivity index is 1.43. The van der Waals surface area contributed by atoms with Gasteiger partial charge in [0.1, 0.15) is 0 Å². The highest BCUT2D eigenvalue weighted by Crippen LogP contribution is 2.15. The molecule has 30 heavy (non-hydrogen) atoms. The second-order valence-electron chi connectivity index (χ2n) is 7.50. The molecular weight excluding hydrogens is 396 g/mol. The van der Waals surface area contributed by atoms with Crippen LogP contribution in [-0.4, -0.2) is 61.1 Å². The molecule has 1 fully saturated rings. The third-order valence-electron chi connectivity index (χ3n) is 5.31. The van der Waals surface area contributed by atoms with E-state index in [0.717, 1.165) is 35.8 Å². The van der Waals surface area contributed by atoms with Gasteiger partial charge in [0.2, 0.25) is 5.91 Å². The van der Waals surface area contributed by atoms with Gasteiger partial charge in [0, 0.05) is 55.6 Å². The van der Waals surface area contributed by atoms with Crippen molar-refractivity contribution in [1.29, 1.82) is 0 Å². The maximum atomic E-state index is 12.4. The van der Waals surface area contributed by atoms with Gasteiger partial charge >= 0.3 is 6.03 Å². The highest BCUT2D eigenvalue weighted by atomic mass is 32.2. The predicted molar refractivity (Wildman–Crippen MR) is 125 cm³/mol. The van der Waals surface area contributed by atoms with Gasteiger partial charge in [-0.15, -0.1) is 0 Å². The number of anilines is 2. The van der Waals surface area contributed by atoms with Crippen molar-refractivity contribution in [3.05, 3.63) is 60.2 Å². The van der Waals surface area contributed by atoms with Gasteiger partial charge in [-0.25, -0.2) is 4.79 Å². The molecule has 2 aromatic rings. The van der Waals surface area contributed by atoms with Crippen LogP contribution in [0.1, 0.15) is 12.5 Å². The number of hydrogen-bond acceptors (Lipinski definition) is 4. The molecular formula is C23H30N4O2S. The maximum absolute atomic E-state index is 12.4. The summed E-state index contributed by atoms with van der Waals surface area (Å²) >= 11 is 1.89. The zero-order chi connectivity index (χ0) is 21.3. The Morgan fingerprint density at radius 3 is 2.40 bits per heavy atom. The molecule has 0 saturated carbocycles. The van der Waals surface area contributed by atoms with Crippen LogP contribution in [0.2, 0.25) is 0 Å². The zero-order valence-electron chi connectivity index (χ0n) is 17.6. The lowest BCUT2D eigenvalue weighted by atomic mass is 10.1. The normalized spacial score (nSPS) is 14.7. The summed E-state index contributed by atoms with van der Waals surface area (Å²) in [6.07, 6.45) is 0.403. The zero-order valence-corrected chi connectivity index (χ0v) is 18.5. The van der Waals surface area contributed by atoms with Gasteiger partial charge in [-0.05, 0) is 36.8 Å². The first-order valence-electron chi connectivity index (χ1n) is 10.3. The summed E-state index contributed by atoms with van der Waals surface area (Å²) in [6.45, 7) is 4.26. The molecule has 0 aliphatic carbocycles. The van der Waals surface area contributed by atoms with Crippen LogP contribution in [-0.2, 0) is 11.2 Å². The third-order valence-corrected chi connectivity index (χ3v) is 6.26. The molecule has 1 atom stereocenters. The van der Waals surface area contributed by atoms with Gasteiger partial charge in [0.05, 0.1) is 6.42 Å². The van der Waals surface area contributed by atoms with E-state index in [-0.39, 0.29) is 18.0 Å². The molecule has 1 unspecified atom stereocenters. The van der Waals surface area contributed by atoms with Crippen LogP contribution in [0.15, 0.2) is 54.6 Å². The minimum absolute atomic E-state index is 0.153. The number of nitrogens with one attached hydrogen (secondary N) is 2. The van der Waals surface area contributed by atoms with Crippen molar-refractivity contribution in [1.82, 2.24) is 10.2 Å². The fourth-order valence-electron chi connectivity index (χ4n) is 3.28. The van der Waals surface area contributed by atoms with Gasteiger partial charge in [-0.3, -0.25) is 4.79 Å². The lowest BCUT2D eigenvalue weighted by molar-refractivity contribution is -0.130. The number of amides is 3. The molecule has 2 N–H and O–H groups in total. The van der Waals surface area contributed by atoms with Crippen LogP contribution >= 0.6 is 11.8 Å². The van der Waals surface area contributed by atoms with E-state index in [1.165, 1.54) is 0 Å². The van der Waals surface area contributed by atoms with Crippen LogP contribution in [0.5, 0.6) is 0 Å². The van der Waals surface area contributed by atoms with E-state index in [1.54, 1.807) is 0 Å². The topological polar surface area (TPSA) is 64.7 Å². The lowest BCUT2D eigenvalue weighted by Crippen LogP contribution is -2.41. The monoisotopic (exact) mass is 426 g/mol. The first-order chi connectivity index (χ1) is 14.5. The Morgan fingerprint density at radius 1 is 1.07 bits per heavy atom. The molecule has 0 spiro atoms. The molecule has 3 amide bonds. The molecule has 7 heteroatoms. The van der Waals surface area contributed by atoms with Gasteiger partial charge in [0.25, 0.3) is 0 Å². The van der Waals surface area contributed by atoms with Gasteiger partial charge in [-0.2, -0.15) is 11.8 Å². The van der Waals surface area contributed by atoms with E-state index < -0.39 is 0 Å². The van der Waals surface area contributed by atoms with Crippen LogP contribution in [0.25, 0.3) is 0 Å². The average molecular weight is 427 g/mol. The number of nitrogens with zero attached hydrogens (tertiary/aromatic N) is 2. The van der Waals surface area contributed by atoms with Crippen molar-refractivity contribution in [3.8, 4) is 0 Å². The standard InChI is InChI=1S/C23H30N4O2S/c1-18(26(2)21-6-4-3-5-7-21)17-24-23(29)25-20-10-8-19(9-11-20)16-22(28)27-12-14-30-15-13-27/h3-11,18H,12-17H2,1-2H3,(H2,24,25,29). The van der Waals surface area contributed by atoms with Crippen LogP contribution in [0, 0.1) is 0 Å². The summed E-state index contributed by atoms with van der Waals surface area (Å²) in [7, 11) is 2.02. The summed E-state index contributed by atoms with van der Waals surface area (Å²) < 4.78 is 0. The number of carbonyl (C=O) groups excluding carboxylic acids is 2. The summed E-state index contributed by atoms with van der Waals surface area (Å²) in [6, 6.07) is 17.5. The quantitative estimate of drug-likeness (QED) is 0.712. The maximum Gasteiger partial charge on any atom is 0.319 e. The van der Waals surface area contributed by atoms with Crippen molar-refractivity contribution in [2.24, 2.45) is 0 Å². The molecule has 1 saturated heterocycles. The number of para-hydroxylation sites is 1. The first-order valence-corrected chi connectivity index (χ1v) is 11.5. The number of benzene rings is 2. The van der Waals surface area contributed by atoms with Crippen molar-refractivity contribution in [2.75, 3.05) is 48.4 Å². The number of urea groups is 1. The smallest absolute Gasteiger partial charge is 0.319 e. The summed E-state index contributed by atoms with van der Waals surface area (Å²) in [4.78, 5) is 28.7. The van der Waals surface area contributed by atoms with Crippen LogP contribution in [0.4, 0.5) is 16.2 Å². The molecule has 2 aromatic carbocycles. The molecule has 3 rings (SSSR count). The minimum atomic E-state index is -0.238. The Kier molecular flexibility index (Phi) is 8.02. The van der Waals surface area contributed by atoms with Crippen molar-refractivity contribution in [2.45, 2.75) is 19.4 Å². The largest absolute Gasteiger partial charge is 0.370 e. The number of thioether (sulfide) groups is 1.